The molecule has 0 aromatic heterocycles. The molecule has 1 saturated heterocycles. The first-order valence-corrected chi connectivity index (χ1v) is 6.48. The van der Waals surface area contributed by atoms with Crippen molar-refractivity contribution >= 4 is 5.69 Å². The monoisotopic (exact) mass is 266 g/mol. The smallest absolute Gasteiger partial charge is 0.276 e. The van der Waals surface area contributed by atoms with Gasteiger partial charge in [0.15, 0.2) is 0 Å². The van der Waals surface area contributed by atoms with Crippen molar-refractivity contribution in [2.45, 2.75) is 25.9 Å². The lowest BCUT2D eigenvalue weighted by Crippen LogP contribution is -2.34. The third-order valence-electron chi connectivity index (χ3n) is 2.98. The van der Waals surface area contributed by atoms with Gasteiger partial charge in [0.2, 0.25) is 0 Å². The number of nitro benzene ring substituents is 1. The van der Waals surface area contributed by atoms with Gasteiger partial charge in [0.05, 0.1) is 23.7 Å². The van der Waals surface area contributed by atoms with Crippen LogP contribution in [0.1, 0.15) is 19.8 Å². The molecule has 0 radical (unpaired) electrons. The maximum absolute atomic E-state index is 10.9. The predicted octanol–water partition coefficient (Wildman–Crippen LogP) is 2.12. The Morgan fingerprint density at radius 3 is 2.63 bits per heavy atom. The van der Waals surface area contributed by atoms with E-state index in [1.807, 2.05) is 6.92 Å². The molecule has 1 aliphatic heterocycles. The highest BCUT2D eigenvalue weighted by molar-refractivity contribution is 5.46. The Morgan fingerprint density at radius 1 is 1.32 bits per heavy atom. The van der Waals surface area contributed by atoms with Gasteiger partial charge in [-0.05, 0) is 32.9 Å². The minimum atomic E-state index is -0.433. The normalized spacial score (nSPS) is 16.1. The van der Waals surface area contributed by atoms with Crippen LogP contribution in [0, 0.1) is 10.1 Å². The first-order valence-electron chi connectivity index (χ1n) is 6.48. The fourth-order valence-corrected chi connectivity index (χ4v) is 2.09. The standard InChI is InChI=1S/C13H18N2O4/c1-2-18-12-7-10(15(16)17)8-13(9-12)19-11-3-5-14-6-4-11/h7-9,11,14H,2-6H2,1H3. The molecule has 0 unspecified atom stereocenters. The predicted molar refractivity (Wildman–Crippen MR) is 70.8 cm³/mol. The van der Waals surface area contributed by atoms with Crippen LogP contribution in [0.2, 0.25) is 0 Å². The van der Waals surface area contributed by atoms with Crippen LogP contribution in [-0.4, -0.2) is 30.7 Å². The Balaban J connectivity index is 2.15. The molecule has 0 aliphatic carbocycles. The van der Waals surface area contributed by atoms with Gasteiger partial charge in [-0.15, -0.1) is 0 Å². The quantitative estimate of drug-likeness (QED) is 0.652. The molecule has 2 rings (SSSR count). The first-order chi connectivity index (χ1) is 9.19. The van der Waals surface area contributed by atoms with Crippen molar-refractivity contribution in [3.8, 4) is 11.5 Å². The molecule has 1 aliphatic rings. The summed E-state index contributed by atoms with van der Waals surface area (Å²) >= 11 is 0. The summed E-state index contributed by atoms with van der Waals surface area (Å²) in [6, 6.07) is 4.57. The summed E-state index contributed by atoms with van der Waals surface area (Å²) in [5, 5.41) is 14.1. The van der Waals surface area contributed by atoms with Gasteiger partial charge in [-0.25, -0.2) is 0 Å². The van der Waals surface area contributed by atoms with Crippen LogP contribution < -0.4 is 14.8 Å². The number of ether oxygens (including phenoxy) is 2. The van der Waals surface area contributed by atoms with Crippen molar-refractivity contribution in [1.82, 2.24) is 5.32 Å². The molecule has 19 heavy (non-hydrogen) atoms. The molecule has 1 N–H and O–H groups in total. The van der Waals surface area contributed by atoms with Crippen LogP contribution in [0.15, 0.2) is 18.2 Å². The molecule has 1 aromatic rings. The van der Waals surface area contributed by atoms with E-state index in [1.165, 1.54) is 12.1 Å². The molecule has 0 amide bonds. The third-order valence-corrected chi connectivity index (χ3v) is 2.98. The molecule has 0 atom stereocenters. The van der Waals surface area contributed by atoms with Gasteiger partial charge in [-0.2, -0.15) is 0 Å². The SMILES string of the molecule is CCOc1cc(OC2CCNCC2)cc([N+](=O)[O-])c1. The number of piperidine rings is 1. The van der Waals surface area contributed by atoms with Crippen molar-refractivity contribution in [1.29, 1.82) is 0 Å². The molecular formula is C13H18N2O4. The van der Waals surface area contributed by atoms with Gasteiger partial charge >= 0.3 is 0 Å². The highest BCUT2D eigenvalue weighted by Crippen LogP contribution is 2.29. The lowest BCUT2D eigenvalue weighted by molar-refractivity contribution is -0.385. The van der Waals surface area contributed by atoms with E-state index in [-0.39, 0.29) is 11.8 Å². The minimum Gasteiger partial charge on any atom is -0.493 e. The fraction of sp³-hybridized carbons (Fsp3) is 0.538. The van der Waals surface area contributed by atoms with E-state index < -0.39 is 4.92 Å². The summed E-state index contributed by atoms with van der Waals surface area (Å²) in [6.07, 6.45) is 1.93. The number of rotatable bonds is 5. The van der Waals surface area contributed by atoms with E-state index in [4.69, 9.17) is 9.47 Å². The van der Waals surface area contributed by atoms with E-state index in [1.54, 1.807) is 6.07 Å². The van der Waals surface area contributed by atoms with Gasteiger partial charge in [-0.3, -0.25) is 10.1 Å². The number of non-ortho nitro benzene ring substituents is 1. The maximum Gasteiger partial charge on any atom is 0.276 e. The van der Waals surface area contributed by atoms with Crippen LogP contribution in [0.25, 0.3) is 0 Å². The fourth-order valence-electron chi connectivity index (χ4n) is 2.09. The highest BCUT2D eigenvalue weighted by Gasteiger charge is 2.17. The van der Waals surface area contributed by atoms with Crippen molar-refractivity contribution in [2.24, 2.45) is 0 Å². The molecular weight excluding hydrogens is 248 g/mol. The van der Waals surface area contributed by atoms with Gasteiger partial charge < -0.3 is 14.8 Å². The summed E-state index contributed by atoms with van der Waals surface area (Å²) in [4.78, 5) is 10.5. The van der Waals surface area contributed by atoms with Gasteiger partial charge in [0, 0.05) is 6.07 Å². The Bertz CT molecular complexity index is 444. The van der Waals surface area contributed by atoms with Crippen molar-refractivity contribution in [3.63, 3.8) is 0 Å². The molecule has 0 saturated carbocycles. The molecule has 1 heterocycles. The number of nitrogens with zero attached hydrogens (tertiary/aromatic N) is 1. The summed E-state index contributed by atoms with van der Waals surface area (Å²) in [5.74, 6) is 0.977. The topological polar surface area (TPSA) is 73.6 Å². The summed E-state index contributed by atoms with van der Waals surface area (Å²) in [6.45, 7) is 4.13. The zero-order chi connectivity index (χ0) is 13.7. The number of nitrogens with one attached hydrogen (secondary N) is 1. The lowest BCUT2D eigenvalue weighted by Gasteiger charge is -2.23. The van der Waals surface area contributed by atoms with Crippen LogP contribution in [-0.2, 0) is 0 Å². The van der Waals surface area contributed by atoms with E-state index in [0.29, 0.717) is 18.1 Å². The van der Waals surface area contributed by atoms with E-state index in [0.717, 1.165) is 25.9 Å². The van der Waals surface area contributed by atoms with Gasteiger partial charge in [-0.1, -0.05) is 0 Å². The molecule has 0 spiro atoms. The van der Waals surface area contributed by atoms with Crippen molar-refractivity contribution in [3.05, 3.63) is 28.3 Å². The maximum atomic E-state index is 10.9. The molecule has 6 nitrogen and oxygen atoms in total. The molecule has 1 fully saturated rings. The Morgan fingerprint density at radius 2 is 2.00 bits per heavy atom. The van der Waals surface area contributed by atoms with Crippen LogP contribution >= 0.6 is 0 Å². The zero-order valence-corrected chi connectivity index (χ0v) is 10.9. The third kappa shape index (κ3) is 3.82. The average molecular weight is 266 g/mol. The highest BCUT2D eigenvalue weighted by atomic mass is 16.6. The Kier molecular flexibility index (Phi) is 4.57. The lowest BCUT2D eigenvalue weighted by atomic mass is 10.1. The van der Waals surface area contributed by atoms with Gasteiger partial charge in [0.25, 0.3) is 5.69 Å². The van der Waals surface area contributed by atoms with Crippen LogP contribution in [0.5, 0.6) is 11.5 Å². The first kappa shape index (κ1) is 13.6. The number of benzene rings is 1. The average Bonchev–Trinajstić information content (AvgIpc) is 2.40. The van der Waals surface area contributed by atoms with Crippen LogP contribution in [0.4, 0.5) is 5.69 Å². The Labute approximate surface area is 111 Å². The summed E-state index contributed by atoms with van der Waals surface area (Å²) in [5.41, 5.74) is -0.00474. The number of hydrogen-bond acceptors (Lipinski definition) is 5. The molecule has 0 bridgehead atoms. The number of hydrogen-bond donors (Lipinski definition) is 1. The second-order valence-corrected chi connectivity index (χ2v) is 4.42. The largest absolute Gasteiger partial charge is 0.493 e. The molecule has 1 aromatic carbocycles. The van der Waals surface area contributed by atoms with E-state index >= 15 is 0 Å². The van der Waals surface area contributed by atoms with E-state index in [2.05, 4.69) is 5.32 Å². The van der Waals surface area contributed by atoms with Crippen molar-refractivity contribution in [2.75, 3.05) is 19.7 Å². The molecule has 104 valence electrons. The number of nitro groups is 1. The minimum absolute atomic E-state index is 0.00474. The van der Waals surface area contributed by atoms with Crippen molar-refractivity contribution < 1.29 is 14.4 Å². The summed E-state index contributed by atoms with van der Waals surface area (Å²) < 4.78 is 11.1. The zero-order valence-electron chi connectivity index (χ0n) is 10.9. The van der Waals surface area contributed by atoms with Crippen LogP contribution in [0.3, 0.4) is 0 Å². The summed E-state index contributed by atoms with van der Waals surface area (Å²) in [7, 11) is 0. The van der Waals surface area contributed by atoms with E-state index in [9.17, 15) is 10.1 Å². The van der Waals surface area contributed by atoms with Gasteiger partial charge in [0.1, 0.15) is 17.6 Å². The second kappa shape index (κ2) is 6.38. The Hall–Kier alpha value is -1.82. The second-order valence-electron chi connectivity index (χ2n) is 4.42. The molecule has 6 heteroatoms.